The van der Waals surface area contributed by atoms with E-state index >= 15 is 0 Å². The Morgan fingerprint density at radius 3 is 2.72 bits per heavy atom. The van der Waals surface area contributed by atoms with Gasteiger partial charge in [0.2, 0.25) is 17.2 Å². The van der Waals surface area contributed by atoms with Gasteiger partial charge in [-0.2, -0.15) is 15.0 Å². The van der Waals surface area contributed by atoms with Crippen molar-refractivity contribution in [2.75, 3.05) is 30.4 Å². The molecule has 2 N–H and O–H groups in total. The Balaban J connectivity index is 2.02. The average Bonchev–Trinajstić information content (AvgIpc) is 2.26. The Labute approximate surface area is 111 Å². The Morgan fingerprint density at radius 2 is 2.11 bits per heavy atom. The number of aromatic nitrogens is 3. The minimum Gasteiger partial charge on any atom is -0.393 e. The molecule has 2 rings (SSSR count). The summed E-state index contributed by atoms with van der Waals surface area (Å²) in [5.74, 6) is 1.56. The number of aliphatic hydroxyl groups excluding tert-OH is 1. The molecular weight excluding hydrogens is 254 g/mol. The maximum atomic E-state index is 9.27. The minimum absolute atomic E-state index is 0.136. The number of rotatable bonds is 5. The highest BCUT2D eigenvalue weighted by molar-refractivity contribution is 6.28. The van der Waals surface area contributed by atoms with Crippen LogP contribution in [0.5, 0.6) is 0 Å². The summed E-state index contributed by atoms with van der Waals surface area (Å²) in [7, 11) is 1.92. The molecule has 0 radical (unpaired) electrons. The van der Waals surface area contributed by atoms with E-state index in [0.29, 0.717) is 17.8 Å². The second-order valence-corrected chi connectivity index (χ2v) is 4.97. The first-order chi connectivity index (χ1) is 8.58. The van der Waals surface area contributed by atoms with Crippen LogP contribution in [0, 0.1) is 5.92 Å². The van der Waals surface area contributed by atoms with E-state index in [1.54, 1.807) is 0 Å². The summed E-state index contributed by atoms with van der Waals surface area (Å²) >= 11 is 5.87. The summed E-state index contributed by atoms with van der Waals surface area (Å²) in [5, 5.41) is 12.5. The molecular formula is C11H18ClN5O. The predicted molar refractivity (Wildman–Crippen MR) is 71.0 cm³/mol. The largest absolute Gasteiger partial charge is 0.393 e. The van der Waals surface area contributed by atoms with Crippen molar-refractivity contribution >= 4 is 23.5 Å². The summed E-state index contributed by atoms with van der Waals surface area (Å²) in [5.41, 5.74) is 0. The summed E-state index contributed by atoms with van der Waals surface area (Å²) in [6, 6.07) is 0. The standard InChI is InChI=1S/C11H18ClN5O/c1-3-13-10-14-9(12)15-11(16-10)17(2)6-7-4-8(18)5-7/h7-8,18H,3-6H2,1-2H3,(H,13,14,15,16). The van der Waals surface area contributed by atoms with Crippen LogP contribution in [0.3, 0.4) is 0 Å². The molecule has 1 aromatic rings. The zero-order valence-corrected chi connectivity index (χ0v) is 11.4. The highest BCUT2D eigenvalue weighted by atomic mass is 35.5. The molecule has 1 aliphatic rings. The fraction of sp³-hybridized carbons (Fsp3) is 0.727. The van der Waals surface area contributed by atoms with E-state index in [9.17, 15) is 5.11 Å². The number of hydrogen-bond acceptors (Lipinski definition) is 6. The van der Waals surface area contributed by atoms with Crippen LogP contribution in [-0.4, -0.2) is 46.3 Å². The first-order valence-corrected chi connectivity index (χ1v) is 6.51. The summed E-state index contributed by atoms with van der Waals surface area (Å²) < 4.78 is 0. The lowest BCUT2D eigenvalue weighted by molar-refractivity contribution is 0.0463. The highest BCUT2D eigenvalue weighted by Gasteiger charge is 2.28. The molecule has 1 aliphatic carbocycles. The van der Waals surface area contributed by atoms with E-state index in [1.807, 2.05) is 18.9 Å². The van der Waals surface area contributed by atoms with Crippen LogP contribution in [0.4, 0.5) is 11.9 Å². The minimum atomic E-state index is -0.136. The van der Waals surface area contributed by atoms with E-state index in [-0.39, 0.29) is 11.4 Å². The van der Waals surface area contributed by atoms with Gasteiger partial charge in [-0.3, -0.25) is 0 Å². The van der Waals surface area contributed by atoms with Gasteiger partial charge in [0.1, 0.15) is 0 Å². The van der Waals surface area contributed by atoms with Crippen LogP contribution in [0.15, 0.2) is 0 Å². The topological polar surface area (TPSA) is 74.2 Å². The Hall–Kier alpha value is -1.14. The van der Waals surface area contributed by atoms with E-state index < -0.39 is 0 Å². The van der Waals surface area contributed by atoms with Crippen LogP contribution in [0.2, 0.25) is 5.28 Å². The van der Waals surface area contributed by atoms with Gasteiger partial charge in [-0.1, -0.05) is 0 Å². The van der Waals surface area contributed by atoms with E-state index in [1.165, 1.54) is 0 Å². The van der Waals surface area contributed by atoms with Gasteiger partial charge in [0, 0.05) is 20.1 Å². The van der Waals surface area contributed by atoms with Gasteiger partial charge in [0.05, 0.1) is 6.10 Å². The van der Waals surface area contributed by atoms with Crippen LogP contribution < -0.4 is 10.2 Å². The molecule has 18 heavy (non-hydrogen) atoms. The third-order valence-corrected chi connectivity index (χ3v) is 3.18. The molecule has 1 saturated carbocycles. The highest BCUT2D eigenvalue weighted by Crippen LogP contribution is 2.28. The molecule has 100 valence electrons. The molecule has 0 amide bonds. The lowest BCUT2D eigenvalue weighted by Gasteiger charge is -2.34. The van der Waals surface area contributed by atoms with Crippen molar-refractivity contribution in [3.8, 4) is 0 Å². The third kappa shape index (κ3) is 3.20. The number of halogens is 1. The van der Waals surface area contributed by atoms with Crippen molar-refractivity contribution in [2.24, 2.45) is 5.92 Å². The van der Waals surface area contributed by atoms with E-state index in [4.69, 9.17) is 11.6 Å². The van der Waals surface area contributed by atoms with Crippen LogP contribution in [0.1, 0.15) is 19.8 Å². The maximum Gasteiger partial charge on any atom is 0.231 e. The molecule has 0 saturated heterocycles. The normalized spacial score (nSPS) is 22.4. The van der Waals surface area contributed by atoms with Gasteiger partial charge >= 0.3 is 0 Å². The lowest BCUT2D eigenvalue weighted by atomic mass is 9.82. The van der Waals surface area contributed by atoms with Crippen LogP contribution >= 0.6 is 11.6 Å². The SMILES string of the molecule is CCNc1nc(Cl)nc(N(C)CC2CC(O)C2)n1. The average molecular weight is 272 g/mol. The summed E-state index contributed by atoms with van der Waals surface area (Å²) in [6.07, 6.45) is 1.56. The second-order valence-electron chi connectivity index (χ2n) is 4.63. The van der Waals surface area contributed by atoms with Crippen molar-refractivity contribution in [1.29, 1.82) is 0 Å². The molecule has 0 aliphatic heterocycles. The molecule has 1 heterocycles. The number of aliphatic hydroxyl groups is 1. The molecule has 0 aromatic carbocycles. The van der Waals surface area contributed by atoms with Crippen molar-refractivity contribution in [1.82, 2.24) is 15.0 Å². The third-order valence-electron chi connectivity index (χ3n) is 3.02. The zero-order chi connectivity index (χ0) is 13.1. The molecule has 0 bridgehead atoms. The quantitative estimate of drug-likeness (QED) is 0.837. The number of nitrogens with one attached hydrogen (secondary N) is 1. The van der Waals surface area contributed by atoms with Gasteiger partial charge in [-0.05, 0) is 37.3 Å². The monoisotopic (exact) mass is 271 g/mol. The molecule has 1 aromatic heterocycles. The van der Waals surface area contributed by atoms with Gasteiger partial charge in [0.25, 0.3) is 0 Å². The fourth-order valence-electron chi connectivity index (χ4n) is 2.07. The van der Waals surface area contributed by atoms with Gasteiger partial charge in [0.15, 0.2) is 0 Å². The van der Waals surface area contributed by atoms with Crippen molar-refractivity contribution < 1.29 is 5.11 Å². The van der Waals surface area contributed by atoms with Crippen molar-refractivity contribution in [2.45, 2.75) is 25.9 Å². The van der Waals surface area contributed by atoms with Gasteiger partial charge < -0.3 is 15.3 Å². The molecule has 0 atom stereocenters. The summed E-state index contributed by atoms with van der Waals surface area (Å²) in [4.78, 5) is 14.4. The van der Waals surface area contributed by atoms with Gasteiger partial charge in [-0.25, -0.2) is 0 Å². The van der Waals surface area contributed by atoms with E-state index in [0.717, 1.165) is 25.9 Å². The second kappa shape index (κ2) is 5.67. The van der Waals surface area contributed by atoms with Crippen LogP contribution in [-0.2, 0) is 0 Å². The first kappa shape index (κ1) is 13.3. The molecule has 0 spiro atoms. The summed E-state index contributed by atoms with van der Waals surface area (Å²) in [6.45, 7) is 3.53. The predicted octanol–water partition coefficient (Wildman–Crippen LogP) is 1.16. The fourth-order valence-corrected chi connectivity index (χ4v) is 2.22. The molecule has 0 unspecified atom stereocenters. The Bertz CT molecular complexity index is 410. The van der Waals surface area contributed by atoms with Crippen molar-refractivity contribution in [3.05, 3.63) is 5.28 Å². The number of hydrogen-bond donors (Lipinski definition) is 2. The van der Waals surface area contributed by atoms with Crippen LogP contribution in [0.25, 0.3) is 0 Å². The van der Waals surface area contributed by atoms with E-state index in [2.05, 4.69) is 20.3 Å². The maximum absolute atomic E-state index is 9.27. The Kier molecular flexibility index (Phi) is 4.19. The molecule has 7 heteroatoms. The lowest BCUT2D eigenvalue weighted by Crippen LogP contribution is -2.37. The smallest absolute Gasteiger partial charge is 0.231 e. The zero-order valence-electron chi connectivity index (χ0n) is 10.6. The first-order valence-electron chi connectivity index (χ1n) is 6.13. The molecule has 1 fully saturated rings. The molecule has 6 nitrogen and oxygen atoms in total. The Morgan fingerprint density at radius 1 is 1.39 bits per heavy atom. The van der Waals surface area contributed by atoms with Crippen molar-refractivity contribution in [3.63, 3.8) is 0 Å². The van der Waals surface area contributed by atoms with Gasteiger partial charge in [-0.15, -0.1) is 0 Å². The number of nitrogens with zero attached hydrogens (tertiary/aromatic N) is 4. The number of anilines is 2.